The molecule has 0 amide bonds. The van der Waals surface area contributed by atoms with Gasteiger partial charge in [-0.2, -0.15) is 0 Å². The van der Waals surface area contributed by atoms with Crippen LogP contribution in [0.1, 0.15) is 52.9 Å². The molecule has 0 aromatic carbocycles. The number of esters is 1. The summed E-state index contributed by atoms with van der Waals surface area (Å²) in [6, 6.07) is -0.105. The zero-order valence-electron chi connectivity index (χ0n) is 10.3. The lowest BCUT2D eigenvalue weighted by molar-refractivity contribution is -0.145. The lowest BCUT2D eigenvalue weighted by atomic mass is 10.1. The van der Waals surface area contributed by atoms with Crippen molar-refractivity contribution in [2.45, 2.75) is 58.9 Å². The smallest absolute Gasteiger partial charge is 0.323 e. The van der Waals surface area contributed by atoms with Crippen LogP contribution in [0.5, 0.6) is 0 Å². The molecule has 1 unspecified atom stereocenters. The Bertz CT molecular complexity index is 160. The Hall–Kier alpha value is -0.570. The first-order valence-electron chi connectivity index (χ1n) is 6.16. The van der Waals surface area contributed by atoms with E-state index in [0.29, 0.717) is 6.61 Å². The molecule has 0 aromatic rings. The molecule has 3 heteroatoms. The standard InChI is InChI=1S/C12H25NO2/c1-4-7-8-10-13-11(9-5-2)12(14)15-6-3/h11,13H,4-10H2,1-3H3. The molecule has 15 heavy (non-hydrogen) atoms. The highest BCUT2D eigenvalue weighted by atomic mass is 16.5. The Morgan fingerprint density at radius 3 is 2.47 bits per heavy atom. The number of hydrogen-bond acceptors (Lipinski definition) is 3. The normalized spacial score (nSPS) is 12.5. The van der Waals surface area contributed by atoms with E-state index in [0.717, 1.165) is 25.8 Å². The van der Waals surface area contributed by atoms with E-state index in [4.69, 9.17) is 4.74 Å². The Kier molecular flexibility index (Phi) is 9.59. The van der Waals surface area contributed by atoms with Crippen molar-refractivity contribution in [1.82, 2.24) is 5.32 Å². The van der Waals surface area contributed by atoms with E-state index in [9.17, 15) is 4.79 Å². The van der Waals surface area contributed by atoms with Crippen LogP contribution in [0, 0.1) is 0 Å². The summed E-state index contributed by atoms with van der Waals surface area (Å²) in [6.07, 6.45) is 5.43. The molecule has 0 fully saturated rings. The third-order valence-corrected chi connectivity index (χ3v) is 2.32. The molecule has 0 spiro atoms. The fourth-order valence-electron chi connectivity index (χ4n) is 1.49. The summed E-state index contributed by atoms with van der Waals surface area (Å²) in [4.78, 5) is 11.5. The van der Waals surface area contributed by atoms with Gasteiger partial charge >= 0.3 is 5.97 Å². The van der Waals surface area contributed by atoms with Crippen molar-refractivity contribution in [2.75, 3.05) is 13.2 Å². The molecule has 0 radical (unpaired) electrons. The monoisotopic (exact) mass is 215 g/mol. The van der Waals surface area contributed by atoms with Crippen LogP contribution in [-0.4, -0.2) is 25.2 Å². The predicted molar refractivity (Wildman–Crippen MR) is 62.9 cm³/mol. The van der Waals surface area contributed by atoms with Gasteiger partial charge < -0.3 is 10.1 Å². The zero-order valence-corrected chi connectivity index (χ0v) is 10.3. The topological polar surface area (TPSA) is 38.3 Å². The van der Waals surface area contributed by atoms with Crippen LogP contribution in [0.2, 0.25) is 0 Å². The van der Waals surface area contributed by atoms with E-state index in [1.54, 1.807) is 0 Å². The predicted octanol–water partition coefficient (Wildman–Crippen LogP) is 2.50. The summed E-state index contributed by atoms with van der Waals surface area (Å²) in [5, 5.41) is 3.27. The number of nitrogens with one attached hydrogen (secondary N) is 1. The van der Waals surface area contributed by atoms with Gasteiger partial charge in [0.05, 0.1) is 6.61 Å². The van der Waals surface area contributed by atoms with Gasteiger partial charge in [0.1, 0.15) is 6.04 Å². The van der Waals surface area contributed by atoms with Gasteiger partial charge in [0.2, 0.25) is 0 Å². The van der Waals surface area contributed by atoms with Crippen molar-refractivity contribution in [3.8, 4) is 0 Å². The maximum absolute atomic E-state index is 11.5. The SMILES string of the molecule is CCCCCNC(CCC)C(=O)OCC. The third kappa shape index (κ3) is 7.37. The highest BCUT2D eigenvalue weighted by molar-refractivity contribution is 5.75. The molecular formula is C12H25NO2. The summed E-state index contributed by atoms with van der Waals surface area (Å²) >= 11 is 0. The Morgan fingerprint density at radius 1 is 1.20 bits per heavy atom. The minimum Gasteiger partial charge on any atom is -0.465 e. The molecule has 90 valence electrons. The number of rotatable bonds is 9. The van der Waals surface area contributed by atoms with Crippen molar-refractivity contribution in [1.29, 1.82) is 0 Å². The maximum atomic E-state index is 11.5. The van der Waals surface area contributed by atoms with Crippen molar-refractivity contribution >= 4 is 5.97 Å². The molecule has 0 rings (SSSR count). The van der Waals surface area contributed by atoms with E-state index in [1.807, 2.05) is 6.92 Å². The molecule has 1 N–H and O–H groups in total. The minimum atomic E-state index is -0.105. The number of carbonyl (C=O) groups excluding carboxylic acids is 1. The van der Waals surface area contributed by atoms with Crippen LogP contribution in [0.4, 0.5) is 0 Å². The summed E-state index contributed by atoms with van der Waals surface area (Å²) in [5.41, 5.74) is 0. The minimum absolute atomic E-state index is 0.101. The maximum Gasteiger partial charge on any atom is 0.323 e. The van der Waals surface area contributed by atoms with Crippen LogP contribution < -0.4 is 5.32 Å². The first-order valence-corrected chi connectivity index (χ1v) is 6.16. The van der Waals surface area contributed by atoms with Crippen LogP contribution in [-0.2, 0) is 9.53 Å². The van der Waals surface area contributed by atoms with Gasteiger partial charge in [-0.25, -0.2) is 0 Å². The van der Waals surface area contributed by atoms with Crippen LogP contribution in [0.25, 0.3) is 0 Å². The Morgan fingerprint density at radius 2 is 1.93 bits per heavy atom. The van der Waals surface area contributed by atoms with Crippen molar-refractivity contribution in [3.05, 3.63) is 0 Å². The number of carbonyl (C=O) groups is 1. The second-order valence-electron chi connectivity index (χ2n) is 3.75. The lowest BCUT2D eigenvalue weighted by Gasteiger charge is -2.16. The Labute approximate surface area is 93.6 Å². The fourth-order valence-corrected chi connectivity index (χ4v) is 1.49. The van der Waals surface area contributed by atoms with Gasteiger partial charge in [-0.1, -0.05) is 33.1 Å². The summed E-state index contributed by atoms with van der Waals surface area (Å²) in [7, 11) is 0. The van der Waals surface area contributed by atoms with Gasteiger partial charge in [0.25, 0.3) is 0 Å². The lowest BCUT2D eigenvalue weighted by Crippen LogP contribution is -2.38. The molecule has 1 atom stereocenters. The first kappa shape index (κ1) is 14.4. The van der Waals surface area contributed by atoms with E-state index >= 15 is 0 Å². The molecule has 0 saturated heterocycles. The average Bonchev–Trinajstić information content (AvgIpc) is 2.23. The van der Waals surface area contributed by atoms with Crippen LogP contribution >= 0.6 is 0 Å². The molecule has 0 aliphatic heterocycles. The van der Waals surface area contributed by atoms with E-state index < -0.39 is 0 Å². The number of hydrogen-bond donors (Lipinski definition) is 1. The summed E-state index contributed by atoms with van der Waals surface area (Å²) < 4.78 is 5.01. The molecule has 0 aliphatic rings. The third-order valence-electron chi connectivity index (χ3n) is 2.32. The average molecular weight is 215 g/mol. The van der Waals surface area contributed by atoms with Crippen LogP contribution in [0.3, 0.4) is 0 Å². The highest BCUT2D eigenvalue weighted by Gasteiger charge is 2.17. The molecule has 0 aliphatic carbocycles. The van der Waals surface area contributed by atoms with Gasteiger partial charge in [-0.05, 0) is 26.3 Å². The second kappa shape index (κ2) is 9.97. The largest absolute Gasteiger partial charge is 0.465 e. The van der Waals surface area contributed by atoms with Gasteiger partial charge in [-0.15, -0.1) is 0 Å². The van der Waals surface area contributed by atoms with Gasteiger partial charge in [0, 0.05) is 0 Å². The van der Waals surface area contributed by atoms with Gasteiger partial charge in [-0.3, -0.25) is 4.79 Å². The number of ether oxygens (including phenoxy) is 1. The van der Waals surface area contributed by atoms with E-state index in [1.165, 1.54) is 12.8 Å². The molecule has 0 saturated carbocycles. The first-order chi connectivity index (χ1) is 7.26. The fraction of sp³-hybridized carbons (Fsp3) is 0.917. The molecule has 0 heterocycles. The summed E-state index contributed by atoms with van der Waals surface area (Å²) in [5.74, 6) is -0.101. The molecule has 0 aromatic heterocycles. The van der Waals surface area contributed by atoms with Crippen molar-refractivity contribution in [2.24, 2.45) is 0 Å². The van der Waals surface area contributed by atoms with Crippen LogP contribution in [0.15, 0.2) is 0 Å². The number of unbranched alkanes of at least 4 members (excludes halogenated alkanes) is 2. The second-order valence-corrected chi connectivity index (χ2v) is 3.75. The Balaban J connectivity index is 3.76. The van der Waals surface area contributed by atoms with Gasteiger partial charge in [0.15, 0.2) is 0 Å². The quantitative estimate of drug-likeness (QED) is 0.474. The molecule has 3 nitrogen and oxygen atoms in total. The summed E-state index contributed by atoms with van der Waals surface area (Å²) in [6.45, 7) is 7.49. The molecule has 0 bridgehead atoms. The van der Waals surface area contributed by atoms with Crippen molar-refractivity contribution in [3.63, 3.8) is 0 Å². The van der Waals surface area contributed by atoms with E-state index in [2.05, 4.69) is 19.2 Å². The zero-order chi connectivity index (χ0) is 11.5. The van der Waals surface area contributed by atoms with E-state index in [-0.39, 0.29) is 12.0 Å². The van der Waals surface area contributed by atoms with Crippen molar-refractivity contribution < 1.29 is 9.53 Å². The molecular weight excluding hydrogens is 190 g/mol. The highest BCUT2D eigenvalue weighted by Crippen LogP contribution is 2.01.